The van der Waals surface area contributed by atoms with Crippen LogP contribution in [0.5, 0.6) is 0 Å². The Morgan fingerprint density at radius 3 is 2.55 bits per heavy atom. The molecule has 0 spiro atoms. The number of halogens is 1. The summed E-state index contributed by atoms with van der Waals surface area (Å²) in [4.78, 5) is 21.1. The van der Waals surface area contributed by atoms with Crippen LogP contribution >= 0.6 is 11.6 Å². The predicted octanol–water partition coefficient (Wildman–Crippen LogP) is 3.30. The molecule has 0 amide bonds. The van der Waals surface area contributed by atoms with Crippen molar-refractivity contribution < 1.29 is 14.8 Å². The van der Waals surface area contributed by atoms with Crippen LogP contribution in [0.2, 0.25) is 5.02 Å². The number of aliphatic carboxylic acids is 1. The highest BCUT2D eigenvalue weighted by Gasteiger charge is 2.26. The summed E-state index contributed by atoms with van der Waals surface area (Å²) in [6.45, 7) is 0. The van der Waals surface area contributed by atoms with Gasteiger partial charge in [-0.3, -0.25) is 10.1 Å². The molecule has 102 valence electrons. The number of carboxylic acids is 1. The van der Waals surface area contributed by atoms with Crippen LogP contribution in [-0.4, -0.2) is 16.0 Å². The Hall–Kier alpha value is -2.40. The molecular weight excluding hydrogens is 282 g/mol. The first-order valence-corrected chi connectivity index (χ1v) is 6.11. The average molecular weight is 292 g/mol. The van der Waals surface area contributed by atoms with Crippen LogP contribution in [0, 0.1) is 10.1 Å². The highest BCUT2D eigenvalue weighted by atomic mass is 35.5. The monoisotopic (exact) mass is 291 g/mol. The summed E-state index contributed by atoms with van der Waals surface area (Å²) in [5.41, 5.74) is 0.867. The maximum Gasteiger partial charge on any atom is 0.342 e. The van der Waals surface area contributed by atoms with E-state index in [1.54, 1.807) is 30.3 Å². The van der Waals surface area contributed by atoms with Crippen molar-refractivity contribution in [3.63, 3.8) is 0 Å². The van der Waals surface area contributed by atoms with Gasteiger partial charge in [-0.1, -0.05) is 29.8 Å². The van der Waals surface area contributed by atoms with Crippen molar-refractivity contribution in [1.82, 2.24) is 0 Å². The molecule has 0 aliphatic heterocycles. The third-order valence-electron chi connectivity index (χ3n) is 2.79. The molecule has 0 atom stereocenters. The molecule has 1 aliphatic carbocycles. The summed E-state index contributed by atoms with van der Waals surface area (Å²) < 4.78 is 0. The second kappa shape index (κ2) is 5.71. The first kappa shape index (κ1) is 14.0. The molecule has 1 N–H and O–H groups in total. The molecule has 0 unspecified atom stereocenters. The topological polar surface area (TPSA) is 80.4 Å². The highest BCUT2D eigenvalue weighted by Crippen LogP contribution is 2.25. The Kier molecular flexibility index (Phi) is 4.00. The fourth-order valence-corrected chi connectivity index (χ4v) is 1.99. The van der Waals surface area contributed by atoms with Crippen LogP contribution < -0.4 is 0 Å². The molecule has 2 rings (SSSR count). The molecule has 0 heterocycles. The lowest BCUT2D eigenvalue weighted by atomic mass is 9.97. The number of hydrogen-bond donors (Lipinski definition) is 1. The number of benzene rings is 1. The van der Waals surface area contributed by atoms with Crippen LogP contribution in [0.15, 0.2) is 53.3 Å². The van der Waals surface area contributed by atoms with Gasteiger partial charge < -0.3 is 5.11 Å². The minimum absolute atomic E-state index is 0.304. The van der Waals surface area contributed by atoms with E-state index in [0.717, 1.165) is 5.56 Å². The van der Waals surface area contributed by atoms with Gasteiger partial charge >= 0.3 is 5.97 Å². The van der Waals surface area contributed by atoms with Gasteiger partial charge in [0.1, 0.15) is 5.57 Å². The normalized spacial score (nSPS) is 16.6. The van der Waals surface area contributed by atoms with E-state index in [-0.39, 0.29) is 11.3 Å². The lowest BCUT2D eigenvalue weighted by Crippen LogP contribution is -2.13. The zero-order chi connectivity index (χ0) is 14.7. The highest BCUT2D eigenvalue weighted by molar-refractivity contribution is 6.30. The van der Waals surface area contributed by atoms with Crippen molar-refractivity contribution in [1.29, 1.82) is 0 Å². The summed E-state index contributed by atoms with van der Waals surface area (Å²) in [6, 6.07) is 7.01. The summed E-state index contributed by atoms with van der Waals surface area (Å²) >= 11 is 5.78. The summed E-state index contributed by atoms with van der Waals surface area (Å²) in [7, 11) is 0. The Balaban J connectivity index is 2.35. The summed E-state index contributed by atoms with van der Waals surface area (Å²) in [5.74, 6) is -1.31. The molecule has 1 aromatic rings. The summed E-state index contributed by atoms with van der Waals surface area (Å²) in [6.07, 6.45) is 4.72. The minimum atomic E-state index is -1.31. The van der Waals surface area contributed by atoms with Crippen LogP contribution in [0.25, 0.3) is 6.08 Å². The van der Waals surface area contributed by atoms with Crippen molar-refractivity contribution in [2.75, 3.05) is 0 Å². The van der Waals surface area contributed by atoms with Gasteiger partial charge in [0.15, 0.2) is 0 Å². The molecule has 1 aliphatic rings. The number of hydrogen-bond acceptors (Lipinski definition) is 3. The number of nitro groups is 1. The summed E-state index contributed by atoms with van der Waals surface area (Å²) in [5, 5.41) is 20.4. The van der Waals surface area contributed by atoms with Gasteiger partial charge in [-0.05, 0) is 41.8 Å². The maximum atomic E-state index is 11.1. The number of rotatable bonds is 3. The smallest absolute Gasteiger partial charge is 0.342 e. The van der Waals surface area contributed by atoms with Gasteiger partial charge in [-0.25, -0.2) is 4.79 Å². The standard InChI is InChI=1S/C14H10ClNO4/c15-11-4-1-9(2-5-11)7-10-3-6-13(16(19)20)12(8-10)14(17)18/h1-2,4-8H,3H2,(H,17,18). The van der Waals surface area contributed by atoms with E-state index in [1.807, 2.05) is 0 Å². The van der Waals surface area contributed by atoms with Gasteiger partial charge in [0.2, 0.25) is 0 Å². The number of nitrogens with zero attached hydrogens (tertiary/aromatic N) is 1. The van der Waals surface area contributed by atoms with Crippen LogP contribution in [0.1, 0.15) is 12.0 Å². The van der Waals surface area contributed by atoms with Crippen LogP contribution in [-0.2, 0) is 4.79 Å². The SMILES string of the molecule is O=C(O)C1=CC(=Cc2ccc(Cl)cc2)CC=C1[N+](=O)[O-]. The van der Waals surface area contributed by atoms with Crippen LogP contribution in [0.3, 0.4) is 0 Å². The lowest BCUT2D eigenvalue weighted by Gasteiger charge is -2.08. The zero-order valence-electron chi connectivity index (χ0n) is 10.2. The van der Waals surface area contributed by atoms with Crippen molar-refractivity contribution >= 4 is 23.6 Å². The predicted molar refractivity (Wildman–Crippen MR) is 74.8 cm³/mol. The van der Waals surface area contributed by atoms with E-state index in [4.69, 9.17) is 16.7 Å². The Morgan fingerprint density at radius 1 is 1.35 bits per heavy atom. The van der Waals surface area contributed by atoms with E-state index >= 15 is 0 Å². The molecule has 6 heteroatoms. The minimum Gasteiger partial charge on any atom is -0.477 e. The van der Waals surface area contributed by atoms with E-state index in [0.29, 0.717) is 17.0 Å². The average Bonchev–Trinajstić information content (AvgIpc) is 2.41. The maximum absolute atomic E-state index is 11.1. The van der Waals surface area contributed by atoms with Crippen LogP contribution in [0.4, 0.5) is 0 Å². The molecule has 1 aromatic carbocycles. The molecule has 0 fully saturated rings. The van der Waals surface area contributed by atoms with Crippen molar-refractivity contribution in [3.05, 3.63) is 74.0 Å². The molecule has 0 saturated carbocycles. The Labute approximate surface area is 119 Å². The third-order valence-corrected chi connectivity index (χ3v) is 3.04. The van der Waals surface area contributed by atoms with E-state index < -0.39 is 10.9 Å². The second-order valence-corrected chi connectivity index (χ2v) is 4.62. The fraction of sp³-hybridized carbons (Fsp3) is 0.0714. The van der Waals surface area contributed by atoms with Gasteiger partial charge in [-0.2, -0.15) is 0 Å². The lowest BCUT2D eigenvalue weighted by molar-refractivity contribution is -0.420. The van der Waals surface area contributed by atoms with Crippen molar-refractivity contribution in [2.45, 2.75) is 6.42 Å². The molecular formula is C14H10ClNO4. The van der Waals surface area contributed by atoms with Gasteiger partial charge in [0.25, 0.3) is 5.70 Å². The number of carboxylic acid groups (broad SMARTS) is 1. The van der Waals surface area contributed by atoms with Crippen molar-refractivity contribution in [2.24, 2.45) is 0 Å². The molecule has 0 aromatic heterocycles. The van der Waals surface area contributed by atoms with Gasteiger partial charge in [0.05, 0.1) is 4.92 Å². The molecule has 5 nitrogen and oxygen atoms in total. The largest absolute Gasteiger partial charge is 0.477 e. The van der Waals surface area contributed by atoms with Gasteiger partial charge in [0, 0.05) is 5.02 Å². The molecule has 0 bridgehead atoms. The molecule has 0 saturated heterocycles. The van der Waals surface area contributed by atoms with Crippen molar-refractivity contribution in [3.8, 4) is 0 Å². The first-order chi connectivity index (χ1) is 9.47. The van der Waals surface area contributed by atoms with E-state index in [2.05, 4.69) is 0 Å². The zero-order valence-corrected chi connectivity index (χ0v) is 11.0. The fourth-order valence-electron chi connectivity index (χ4n) is 1.86. The third kappa shape index (κ3) is 3.13. The first-order valence-electron chi connectivity index (χ1n) is 5.73. The molecule has 20 heavy (non-hydrogen) atoms. The quantitative estimate of drug-likeness (QED) is 0.684. The second-order valence-electron chi connectivity index (χ2n) is 4.18. The van der Waals surface area contributed by atoms with Gasteiger partial charge in [-0.15, -0.1) is 0 Å². The number of allylic oxidation sites excluding steroid dienone is 3. The van der Waals surface area contributed by atoms with E-state index in [1.165, 1.54) is 12.2 Å². The number of carbonyl (C=O) groups is 1. The Morgan fingerprint density at radius 2 is 2.00 bits per heavy atom. The molecule has 0 radical (unpaired) electrons. The Bertz CT molecular complexity index is 656. The van der Waals surface area contributed by atoms with E-state index in [9.17, 15) is 14.9 Å².